The van der Waals surface area contributed by atoms with Crippen molar-refractivity contribution in [1.82, 2.24) is 0 Å². The van der Waals surface area contributed by atoms with Crippen LogP contribution < -0.4 is 9.47 Å². The van der Waals surface area contributed by atoms with Crippen LogP contribution in [0.2, 0.25) is 0 Å². The molecule has 22 heavy (non-hydrogen) atoms. The van der Waals surface area contributed by atoms with Gasteiger partial charge in [-0.1, -0.05) is 54.2 Å². The van der Waals surface area contributed by atoms with E-state index >= 15 is 0 Å². The fourth-order valence-corrected chi connectivity index (χ4v) is 2.72. The van der Waals surface area contributed by atoms with Crippen LogP contribution in [0.5, 0.6) is 11.5 Å². The summed E-state index contributed by atoms with van der Waals surface area (Å²) in [7, 11) is 0. The van der Waals surface area contributed by atoms with Gasteiger partial charge in [0.1, 0.15) is 11.5 Å². The molecule has 0 aromatic heterocycles. The molecule has 2 aromatic carbocycles. The quantitative estimate of drug-likeness (QED) is 0.408. The van der Waals surface area contributed by atoms with E-state index in [0.717, 1.165) is 29.9 Å². The summed E-state index contributed by atoms with van der Waals surface area (Å²) in [5, 5.41) is 3.27. The fraction of sp³-hybridized carbons (Fsp3) is 0.474. The third-order valence-corrected chi connectivity index (χ3v) is 4.14. The van der Waals surface area contributed by atoms with Crippen molar-refractivity contribution >= 4 is 26.7 Å². The zero-order valence-electron chi connectivity index (χ0n) is 13.5. The van der Waals surface area contributed by atoms with E-state index in [2.05, 4.69) is 54.0 Å². The Bertz CT molecular complexity index is 595. The van der Waals surface area contributed by atoms with E-state index < -0.39 is 0 Å². The number of unbranched alkanes of at least 4 members (excludes halogenated alkanes) is 3. The highest BCUT2D eigenvalue weighted by Crippen LogP contribution is 2.30. The number of hydrogen-bond donors (Lipinski definition) is 0. The third kappa shape index (κ3) is 4.64. The number of halogens is 1. The molecule has 0 spiro atoms. The van der Waals surface area contributed by atoms with Gasteiger partial charge in [-0.05, 0) is 47.9 Å². The molecule has 2 aromatic rings. The number of alkyl halides is 1. The van der Waals surface area contributed by atoms with Gasteiger partial charge < -0.3 is 9.47 Å². The highest BCUT2D eigenvalue weighted by Gasteiger charge is 2.06. The summed E-state index contributed by atoms with van der Waals surface area (Å²) < 4.78 is 11.6. The van der Waals surface area contributed by atoms with Gasteiger partial charge in [0.2, 0.25) is 0 Å². The molecule has 0 amide bonds. The second-order valence-corrected chi connectivity index (χ2v) is 6.31. The molecular weight excluding hydrogens is 340 g/mol. The number of benzene rings is 2. The number of aryl methyl sites for hydroxylation is 1. The SMILES string of the molecule is CCCCCCOc1ccc2c(C)c(OCCBr)ccc2c1. The van der Waals surface area contributed by atoms with Crippen LogP contribution >= 0.6 is 15.9 Å². The molecule has 0 N–H and O–H groups in total. The van der Waals surface area contributed by atoms with Gasteiger partial charge in [0.25, 0.3) is 0 Å². The lowest BCUT2D eigenvalue weighted by Gasteiger charge is -2.12. The van der Waals surface area contributed by atoms with E-state index in [0.29, 0.717) is 6.61 Å². The average Bonchev–Trinajstić information content (AvgIpc) is 2.54. The van der Waals surface area contributed by atoms with Gasteiger partial charge in [-0.25, -0.2) is 0 Å². The largest absolute Gasteiger partial charge is 0.494 e. The molecule has 0 aliphatic carbocycles. The van der Waals surface area contributed by atoms with E-state index in [1.165, 1.54) is 35.6 Å². The first-order chi connectivity index (χ1) is 10.8. The molecule has 0 saturated carbocycles. The minimum atomic E-state index is 0.686. The first kappa shape index (κ1) is 17.1. The van der Waals surface area contributed by atoms with E-state index in [9.17, 15) is 0 Å². The van der Waals surface area contributed by atoms with Crippen LogP contribution in [0.3, 0.4) is 0 Å². The molecule has 0 atom stereocenters. The van der Waals surface area contributed by atoms with Gasteiger partial charge in [-0.3, -0.25) is 0 Å². The van der Waals surface area contributed by atoms with E-state index in [-0.39, 0.29) is 0 Å². The maximum atomic E-state index is 5.86. The molecule has 120 valence electrons. The Morgan fingerprint density at radius 2 is 1.82 bits per heavy atom. The van der Waals surface area contributed by atoms with Crippen molar-refractivity contribution in [2.45, 2.75) is 39.5 Å². The summed E-state index contributed by atoms with van der Waals surface area (Å²) in [6, 6.07) is 10.5. The molecule has 0 radical (unpaired) electrons. The van der Waals surface area contributed by atoms with Gasteiger partial charge in [0.05, 0.1) is 13.2 Å². The van der Waals surface area contributed by atoms with Gasteiger partial charge in [-0.15, -0.1) is 0 Å². The Kier molecular flexibility index (Phi) is 7.04. The Morgan fingerprint density at radius 3 is 2.59 bits per heavy atom. The van der Waals surface area contributed by atoms with Crippen molar-refractivity contribution in [1.29, 1.82) is 0 Å². The first-order valence-corrected chi connectivity index (χ1v) is 9.23. The predicted molar refractivity (Wildman–Crippen MR) is 97.6 cm³/mol. The highest BCUT2D eigenvalue weighted by molar-refractivity contribution is 9.09. The maximum Gasteiger partial charge on any atom is 0.122 e. The van der Waals surface area contributed by atoms with E-state index in [1.54, 1.807) is 0 Å². The van der Waals surface area contributed by atoms with Gasteiger partial charge >= 0.3 is 0 Å². The molecule has 0 aliphatic heterocycles. The minimum absolute atomic E-state index is 0.686. The fourth-order valence-electron chi connectivity index (χ4n) is 2.56. The normalized spacial score (nSPS) is 10.9. The molecule has 3 heteroatoms. The van der Waals surface area contributed by atoms with Crippen LogP contribution in [-0.2, 0) is 0 Å². The standard InChI is InChI=1S/C19H25BrO2/c1-3-4-5-6-12-21-17-8-9-18-15(2)19(22-13-11-20)10-7-16(18)14-17/h7-10,14H,3-6,11-13H2,1-2H3. The molecule has 0 unspecified atom stereocenters. The highest BCUT2D eigenvalue weighted by atomic mass is 79.9. The van der Waals surface area contributed by atoms with Crippen molar-refractivity contribution in [2.75, 3.05) is 18.5 Å². The maximum absolute atomic E-state index is 5.86. The van der Waals surface area contributed by atoms with Crippen molar-refractivity contribution in [3.63, 3.8) is 0 Å². The van der Waals surface area contributed by atoms with E-state index in [4.69, 9.17) is 9.47 Å². The number of ether oxygens (including phenoxy) is 2. The Morgan fingerprint density at radius 1 is 0.955 bits per heavy atom. The Balaban J connectivity index is 2.04. The van der Waals surface area contributed by atoms with Crippen LogP contribution in [0.25, 0.3) is 10.8 Å². The molecule has 2 rings (SSSR count). The molecular formula is C19H25BrO2. The molecule has 0 saturated heterocycles. The van der Waals surface area contributed by atoms with Crippen molar-refractivity contribution in [2.24, 2.45) is 0 Å². The summed E-state index contributed by atoms with van der Waals surface area (Å²) in [5.74, 6) is 1.91. The zero-order valence-corrected chi connectivity index (χ0v) is 15.1. The Hall–Kier alpha value is -1.22. The summed E-state index contributed by atoms with van der Waals surface area (Å²) in [6.07, 6.45) is 4.92. The summed E-state index contributed by atoms with van der Waals surface area (Å²) >= 11 is 3.39. The van der Waals surface area contributed by atoms with Crippen molar-refractivity contribution < 1.29 is 9.47 Å². The van der Waals surface area contributed by atoms with Crippen LogP contribution in [-0.4, -0.2) is 18.5 Å². The summed E-state index contributed by atoms with van der Waals surface area (Å²) in [5.41, 5.74) is 1.19. The third-order valence-electron chi connectivity index (χ3n) is 3.81. The van der Waals surface area contributed by atoms with Gasteiger partial charge in [0.15, 0.2) is 0 Å². The second kappa shape index (κ2) is 9.04. The van der Waals surface area contributed by atoms with Crippen LogP contribution in [0.1, 0.15) is 38.2 Å². The van der Waals surface area contributed by atoms with Gasteiger partial charge in [0, 0.05) is 5.33 Å². The molecule has 0 fully saturated rings. The van der Waals surface area contributed by atoms with Crippen LogP contribution in [0, 0.1) is 6.92 Å². The Labute approximate surface area is 141 Å². The zero-order chi connectivity index (χ0) is 15.8. The van der Waals surface area contributed by atoms with E-state index in [1.807, 2.05) is 6.07 Å². The van der Waals surface area contributed by atoms with Crippen molar-refractivity contribution in [3.05, 3.63) is 35.9 Å². The first-order valence-electron chi connectivity index (χ1n) is 8.11. The van der Waals surface area contributed by atoms with Crippen molar-refractivity contribution in [3.8, 4) is 11.5 Å². The van der Waals surface area contributed by atoms with Crippen LogP contribution in [0.15, 0.2) is 30.3 Å². The second-order valence-electron chi connectivity index (χ2n) is 5.52. The lowest BCUT2D eigenvalue weighted by atomic mass is 10.0. The average molecular weight is 365 g/mol. The lowest BCUT2D eigenvalue weighted by molar-refractivity contribution is 0.305. The molecule has 2 nitrogen and oxygen atoms in total. The predicted octanol–water partition coefficient (Wildman–Crippen LogP) is 5.88. The smallest absolute Gasteiger partial charge is 0.122 e. The lowest BCUT2D eigenvalue weighted by Crippen LogP contribution is -2.00. The van der Waals surface area contributed by atoms with Gasteiger partial charge in [-0.2, -0.15) is 0 Å². The molecule has 0 heterocycles. The number of fused-ring (bicyclic) bond motifs is 1. The van der Waals surface area contributed by atoms with Crippen LogP contribution in [0.4, 0.5) is 0 Å². The molecule has 0 bridgehead atoms. The monoisotopic (exact) mass is 364 g/mol. The minimum Gasteiger partial charge on any atom is -0.494 e. The summed E-state index contributed by atoms with van der Waals surface area (Å²) in [6.45, 7) is 5.82. The number of hydrogen-bond acceptors (Lipinski definition) is 2. The topological polar surface area (TPSA) is 18.5 Å². The number of rotatable bonds is 9. The summed E-state index contributed by atoms with van der Waals surface area (Å²) in [4.78, 5) is 0. The molecule has 0 aliphatic rings.